The van der Waals surface area contributed by atoms with Crippen LogP contribution in [0.25, 0.3) is 0 Å². The minimum atomic E-state index is -1.21. The minimum absolute atomic E-state index is 0.0551. The molecular weight excluding hydrogens is 321 g/mol. The van der Waals surface area contributed by atoms with E-state index in [1.807, 2.05) is 0 Å². The van der Waals surface area contributed by atoms with E-state index in [1.165, 1.54) is 6.42 Å². The highest BCUT2D eigenvalue weighted by Gasteiger charge is 2.29. The van der Waals surface area contributed by atoms with E-state index in [0.717, 1.165) is 25.2 Å². The van der Waals surface area contributed by atoms with Crippen LogP contribution in [-0.2, 0) is 27.6 Å². The first-order chi connectivity index (χ1) is 9.87. The molecule has 0 aromatic rings. The second-order valence-electron chi connectivity index (χ2n) is 6.06. The van der Waals surface area contributed by atoms with Crippen molar-refractivity contribution in [1.29, 1.82) is 0 Å². The Bertz CT molecular complexity index is 404. The summed E-state index contributed by atoms with van der Waals surface area (Å²) in [5.74, 6) is 0.969. The largest absolute Gasteiger partial charge is 0.274 e. The van der Waals surface area contributed by atoms with E-state index < -0.39 is 17.0 Å². The highest BCUT2D eigenvalue weighted by atomic mass is 32.4. The zero-order valence-corrected chi connectivity index (χ0v) is 16.4. The first-order valence-corrected chi connectivity index (χ1v) is 12.7. The number of carbonyl (C=O) groups excluding carboxylic acids is 1. The fourth-order valence-corrected chi connectivity index (χ4v) is 7.91. The van der Waals surface area contributed by atoms with E-state index in [4.69, 9.17) is 11.8 Å². The summed E-state index contributed by atoms with van der Waals surface area (Å²) < 4.78 is 13.3. The van der Waals surface area contributed by atoms with Crippen molar-refractivity contribution in [2.75, 3.05) is 24.6 Å². The minimum Gasteiger partial charge on any atom is -0.274 e. The third-order valence-electron chi connectivity index (χ3n) is 4.69. The molecule has 1 saturated heterocycles. The van der Waals surface area contributed by atoms with Gasteiger partial charge < -0.3 is 0 Å². The Morgan fingerprint density at radius 1 is 1.29 bits per heavy atom. The molecule has 1 amide bonds. The highest BCUT2D eigenvalue weighted by molar-refractivity contribution is 8.14. The molecule has 3 atom stereocenters. The van der Waals surface area contributed by atoms with Crippen LogP contribution in [0.15, 0.2) is 0 Å². The van der Waals surface area contributed by atoms with Crippen LogP contribution in [0.4, 0.5) is 0 Å². The molecular formula is C15H30NO2PS2. The standard InChI is InChI=1S/C15H30NO2PS2/c1-5-14(19(20,6-2)7-3)9-8-13(4)12-16-15(17)10-11-21(16)18/h13-14H,5-12H2,1-4H3. The van der Waals surface area contributed by atoms with Crippen molar-refractivity contribution in [3.05, 3.63) is 0 Å². The highest BCUT2D eigenvalue weighted by Crippen LogP contribution is 2.53. The molecule has 0 aliphatic carbocycles. The van der Waals surface area contributed by atoms with Crippen LogP contribution in [-0.4, -0.2) is 44.7 Å². The number of hydrogen-bond donors (Lipinski definition) is 0. The molecule has 0 bridgehead atoms. The third-order valence-corrected chi connectivity index (χ3v) is 12.6. The lowest BCUT2D eigenvalue weighted by atomic mass is 10.0. The molecule has 6 heteroatoms. The lowest BCUT2D eigenvalue weighted by molar-refractivity contribution is -0.125. The zero-order chi connectivity index (χ0) is 16.0. The molecule has 0 N–H and O–H groups in total. The summed E-state index contributed by atoms with van der Waals surface area (Å²) in [6.07, 6.45) is 6.16. The molecule has 0 aromatic heterocycles. The average molecular weight is 352 g/mol. The predicted octanol–water partition coefficient (Wildman–Crippen LogP) is 3.60. The molecule has 1 fully saturated rings. The van der Waals surface area contributed by atoms with Gasteiger partial charge in [0.1, 0.15) is 11.0 Å². The number of rotatable bonds is 9. The van der Waals surface area contributed by atoms with E-state index in [-0.39, 0.29) is 5.91 Å². The monoisotopic (exact) mass is 351 g/mol. The van der Waals surface area contributed by atoms with E-state index in [0.29, 0.717) is 30.3 Å². The number of amides is 1. The summed E-state index contributed by atoms with van der Waals surface area (Å²) in [6.45, 7) is 9.53. The van der Waals surface area contributed by atoms with E-state index in [9.17, 15) is 9.00 Å². The van der Waals surface area contributed by atoms with Gasteiger partial charge >= 0.3 is 0 Å². The average Bonchev–Trinajstić information content (AvgIpc) is 2.79. The van der Waals surface area contributed by atoms with Crippen molar-refractivity contribution in [3.8, 4) is 0 Å². The van der Waals surface area contributed by atoms with Gasteiger partial charge in [-0.25, -0.2) is 4.21 Å². The summed E-state index contributed by atoms with van der Waals surface area (Å²) in [7, 11) is -1.08. The summed E-state index contributed by atoms with van der Waals surface area (Å²) in [5, 5.41) is 0. The fraction of sp³-hybridized carbons (Fsp3) is 0.933. The second kappa shape index (κ2) is 8.79. The lowest BCUT2D eigenvalue weighted by Gasteiger charge is -2.30. The van der Waals surface area contributed by atoms with Crippen molar-refractivity contribution >= 4 is 34.7 Å². The third kappa shape index (κ3) is 5.14. The maximum absolute atomic E-state index is 11.8. The van der Waals surface area contributed by atoms with Crippen LogP contribution in [0.1, 0.15) is 53.4 Å². The SMILES string of the molecule is CCC(CCC(C)CN1C(=O)CCS1=O)P(=S)(CC)CC. The smallest absolute Gasteiger partial charge is 0.235 e. The number of carbonyl (C=O) groups is 1. The van der Waals surface area contributed by atoms with Gasteiger partial charge in [0.05, 0.1) is 5.75 Å². The zero-order valence-electron chi connectivity index (χ0n) is 13.8. The van der Waals surface area contributed by atoms with Gasteiger partial charge in [-0.2, -0.15) is 0 Å². The van der Waals surface area contributed by atoms with Crippen molar-refractivity contribution in [2.24, 2.45) is 5.92 Å². The van der Waals surface area contributed by atoms with Crippen molar-refractivity contribution in [1.82, 2.24) is 4.31 Å². The molecule has 0 spiro atoms. The molecule has 3 nitrogen and oxygen atoms in total. The van der Waals surface area contributed by atoms with Crippen LogP contribution in [0, 0.1) is 5.92 Å². The van der Waals surface area contributed by atoms with E-state index in [1.54, 1.807) is 4.31 Å². The molecule has 0 saturated carbocycles. The second-order valence-corrected chi connectivity index (χ2v) is 13.6. The summed E-state index contributed by atoms with van der Waals surface area (Å²) >= 11 is 5.96. The Hall–Kier alpha value is 0.270. The number of hydrogen-bond acceptors (Lipinski definition) is 3. The van der Waals surface area contributed by atoms with Crippen LogP contribution < -0.4 is 0 Å². The summed E-state index contributed by atoms with van der Waals surface area (Å²) in [5.41, 5.74) is 0.671. The van der Waals surface area contributed by atoms with Gasteiger partial charge in [-0.3, -0.25) is 9.10 Å². The van der Waals surface area contributed by atoms with Gasteiger partial charge in [0, 0.05) is 13.0 Å². The van der Waals surface area contributed by atoms with Crippen LogP contribution in [0.3, 0.4) is 0 Å². The Balaban J connectivity index is 2.51. The maximum atomic E-state index is 11.8. The normalized spacial score (nSPS) is 22.6. The molecule has 3 unspecified atom stereocenters. The topological polar surface area (TPSA) is 37.4 Å². The van der Waals surface area contributed by atoms with E-state index >= 15 is 0 Å². The molecule has 21 heavy (non-hydrogen) atoms. The molecule has 124 valence electrons. The summed E-state index contributed by atoms with van der Waals surface area (Å²) in [6, 6.07) is -1.21. The Morgan fingerprint density at radius 3 is 2.33 bits per heavy atom. The fourth-order valence-electron chi connectivity index (χ4n) is 3.07. The van der Waals surface area contributed by atoms with Gasteiger partial charge in [0.25, 0.3) is 0 Å². The van der Waals surface area contributed by atoms with Gasteiger partial charge in [0.15, 0.2) is 0 Å². The maximum Gasteiger partial charge on any atom is 0.235 e. The van der Waals surface area contributed by atoms with Gasteiger partial charge in [-0.05, 0) is 49.2 Å². The van der Waals surface area contributed by atoms with Gasteiger partial charge in [-0.1, -0.05) is 39.5 Å². The van der Waals surface area contributed by atoms with Crippen molar-refractivity contribution in [3.63, 3.8) is 0 Å². The van der Waals surface area contributed by atoms with Crippen LogP contribution in [0.5, 0.6) is 0 Å². The van der Waals surface area contributed by atoms with E-state index in [2.05, 4.69) is 27.7 Å². The van der Waals surface area contributed by atoms with Crippen molar-refractivity contribution in [2.45, 2.75) is 59.0 Å². The summed E-state index contributed by atoms with van der Waals surface area (Å²) in [4.78, 5) is 11.7. The predicted molar refractivity (Wildman–Crippen MR) is 97.2 cm³/mol. The van der Waals surface area contributed by atoms with Crippen molar-refractivity contribution < 1.29 is 9.00 Å². The van der Waals surface area contributed by atoms with Crippen LogP contribution >= 0.6 is 6.04 Å². The molecule has 1 aliphatic heterocycles. The Labute approximate surface area is 137 Å². The van der Waals surface area contributed by atoms with Gasteiger partial charge in [-0.15, -0.1) is 0 Å². The molecule has 1 heterocycles. The first-order valence-electron chi connectivity index (χ1n) is 8.14. The Morgan fingerprint density at radius 2 is 1.90 bits per heavy atom. The molecule has 1 aliphatic rings. The quantitative estimate of drug-likeness (QED) is 0.596. The molecule has 0 radical (unpaired) electrons. The van der Waals surface area contributed by atoms with Gasteiger partial charge in [0.2, 0.25) is 5.91 Å². The first kappa shape index (κ1) is 19.3. The molecule has 0 aromatic carbocycles. The molecule has 1 rings (SSSR count). The number of nitrogens with zero attached hydrogens (tertiary/aromatic N) is 1. The lowest BCUT2D eigenvalue weighted by Crippen LogP contribution is -2.30. The van der Waals surface area contributed by atoms with Crippen LogP contribution in [0.2, 0.25) is 0 Å². The Kier molecular flexibility index (Phi) is 8.08.